The van der Waals surface area contributed by atoms with Gasteiger partial charge in [0.1, 0.15) is 23.3 Å². The van der Waals surface area contributed by atoms with Crippen LogP contribution in [0.5, 0.6) is 0 Å². The highest BCUT2D eigenvalue weighted by molar-refractivity contribution is 6.00. The Morgan fingerprint density at radius 2 is 1.79 bits per heavy atom. The fourth-order valence-electron chi connectivity index (χ4n) is 6.58. The van der Waals surface area contributed by atoms with Crippen LogP contribution in [0.2, 0.25) is 0 Å². The molecule has 5 rings (SSSR count). The predicted molar refractivity (Wildman–Crippen MR) is 157 cm³/mol. The first kappa shape index (κ1) is 29.3. The van der Waals surface area contributed by atoms with E-state index in [-0.39, 0.29) is 29.7 Å². The molecule has 0 spiro atoms. The summed E-state index contributed by atoms with van der Waals surface area (Å²) < 4.78 is 7.16. The van der Waals surface area contributed by atoms with Gasteiger partial charge in [0.15, 0.2) is 0 Å². The zero-order valence-electron chi connectivity index (χ0n) is 24.9. The number of hydrogen-bond donors (Lipinski definition) is 3. The Morgan fingerprint density at radius 3 is 2.38 bits per heavy atom. The van der Waals surface area contributed by atoms with E-state index in [9.17, 15) is 19.5 Å². The van der Waals surface area contributed by atoms with Gasteiger partial charge < -0.3 is 24.8 Å². The number of carbonyl (C=O) groups excluding carboxylic acids is 2. The van der Waals surface area contributed by atoms with Crippen molar-refractivity contribution in [1.82, 2.24) is 24.9 Å². The monoisotopic (exact) mass is 576 g/mol. The molecule has 2 atom stereocenters. The van der Waals surface area contributed by atoms with E-state index in [0.717, 1.165) is 54.6 Å². The lowest BCUT2D eigenvalue weighted by Gasteiger charge is -2.42. The first-order valence-corrected chi connectivity index (χ1v) is 14.7. The predicted octanol–water partition coefficient (Wildman–Crippen LogP) is 5.55. The van der Waals surface area contributed by atoms with Crippen LogP contribution in [0.3, 0.4) is 0 Å². The largest absolute Gasteiger partial charge is 0.465 e. The number of carboxylic acid groups (broad SMARTS) is 1. The lowest BCUT2D eigenvalue weighted by atomic mass is 9.83. The van der Waals surface area contributed by atoms with Crippen LogP contribution in [0, 0.1) is 25.2 Å². The van der Waals surface area contributed by atoms with Gasteiger partial charge in [0.05, 0.1) is 11.7 Å². The Hall–Kier alpha value is -4.15. The summed E-state index contributed by atoms with van der Waals surface area (Å²) in [5.74, 6) is 0.452. The van der Waals surface area contributed by atoms with Crippen molar-refractivity contribution in [2.45, 2.75) is 85.4 Å². The van der Waals surface area contributed by atoms with E-state index in [1.807, 2.05) is 51.3 Å². The molecular weight excluding hydrogens is 536 g/mol. The minimum Gasteiger partial charge on any atom is -0.465 e. The molecule has 3 aromatic heterocycles. The van der Waals surface area contributed by atoms with Crippen LogP contribution < -0.4 is 10.6 Å². The summed E-state index contributed by atoms with van der Waals surface area (Å²) in [7, 11) is 0. The molecule has 224 valence electrons. The van der Waals surface area contributed by atoms with Gasteiger partial charge in [-0.2, -0.15) is 0 Å². The Labute approximate surface area is 245 Å². The number of hydrogen-bond acceptors (Lipinski definition) is 6. The van der Waals surface area contributed by atoms with Crippen molar-refractivity contribution in [3.8, 4) is 11.1 Å². The molecule has 1 aliphatic heterocycles. The fourth-order valence-corrected chi connectivity index (χ4v) is 6.58. The van der Waals surface area contributed by atoms with E-state index in [4.69, 9.17) is 4.52 Å². The van der Waals surface area contributed by atoms with Crippen molar-refractivity contribution in [1.29, 1.82) is 0 Å². The first-order chi connectivity index (χ1) is 20.0. The second-order valence-corrected chi connectivity index (χ2v) is 12.5. The van der Waals surface area contributed by atoms with Crippen LogP contribution in [-0.4, -0.2) is 55.2 Å². The van der Waals surface area contributed by atoms with E-state index >= 15 is 0 Å². The van der Waals surface area contributed by atoms with E-state index in [0.29, 0.717) is 23.8 Å². The van der Waals surface area contributed by atoms with E-state index < -0.39 is 18.2 Å². The van der Waals surface area contributed by atoms with Gasteiger partial charge in [-0.3, -0.25) is 14.5 Å². The molecule has 11 nitrogen and oxygen atoms in total. The topological polar surface area (TPSA) is 143 Å². The molecule has 0 saturated heterocycles. The molecule has 1 aliphatic carbocycles. The van der Waals surface area contributed by atoms with Crippen molar-refractivity contribution in [2.24, 2.45) is 11.3 Å². The zero-order valence-corrected chi connectivity index (χ0v) is 24.9. The summed E-state index contributed by atoms with van der Waals surface area (Å²) >= 11 is 0. The summed E-state index contributed by atoms with van der Waals surface area (Å²) in [5, 5.41) is 19.8. The van der Waals surface area contributed by atoms with Gasteiger partial charge in [-0.25, -0.2) is 9.78 Å². The minimum atomic E-state index is -0.976. The highest BCUT2D eigenvalue weighted by atomic mass is 16.5. The second-order valence-electron chi connectivity index (χ2n) is 12.5. The van der Waals surface area contributed by atoms with Gasteiger partial charge in [-0.05, 0) is 62.3 Å². The summed E-state index contributed by atoms with van der Waals surface area (Å²) in [4.78, 5) is 45.3. The molecule has 0 radical (unpaired) electrons. The molecule has 1 unspecified atom stereocenters. The minimum absolute atomic E-state index is 0.00453. The van der Waals surface area contributed by atoms with Gasteiger partial charge in [-0.1, -0.05) is 45.2 Å². The maximum atomic E-state index is 13.7. The number of nitrogens with one attached hydrogen (secondary N) is 2. The third-order valence-electron chi connectivity index (χ3n) is 8.50. The molecular formula is C31H40N6O5. The highest BCUT2D eigenvalue weighted by Crippen LogP contribution is 2.41. The summed E-state index contributed by atoms with van der Waals surface area (Å²) in [6, 6.07) is 6.04. The average Bonchev–Trinajstić information content (AvgIpc) is 3.53. The Bertz CT molecular complexity index is 1440. The fraction of sp³-hybridized carbons (Fsp3) is 0.516. The van der Waals surface area contributed by atoms with Gasteiger partial charge in [0, 0.05) is 36.1 Å². The average molecular weight is 577 g/mol. The van der Waals surface area contributed by atoms with Crippen LogP contribution in [0.1, 0.15) is 86.6 Å². The Kier molecular flexibility index (Phi) is 8.12. The molecule has 3 N–H and O–H groups in total. The normalized spacial score (nSPS) is 18.3. The van der Waals surface area contributed by atoms with Crippen molar-refractivity contribution in [2.75, 3.05) is 11.9 Å². The lowest BCUT2D eigenvalue weighted by Crippen LogP contribution is -2.50. The SMILES string of the molecule is Cc1noc(C)c1-c1ccc(NC(=O)C(NC(=O)c2ccc3n2CCN(C(=O)O)[C@H]3C(C)(C)C)C2CCCCC2)nc1. The third-order valence-corrected chi connectivity index (χ3v) is 8.50. The van der Waals surface area contributed by atoms with Crippen LogP contribution >= 0.6 is 0 Å². The Morgan fingerprint density at radius 1 is 1.05 bits per heavy atom. The van der Waals surface area contributed by atoms with Gasteiger partial charge in [0.25, 0.3) is 5.91 Å². The number of nitrogens with zero attached hydrogens (tertiary/aromatic N) is 4. The third kappa shape index (κ3) is 5.77. The summed E-state index contributed by atoms with van der Waals surface area (Å²) in [6.07, 6.45) is 5.53. The molecule has 3 amide bonds. The molecule has 1 saturated carbocycles. The molecule has 2 aliphatic rings. The molecule has 11 heteroatoms. The quantitative estimate of drug-likeness (QED) is 0.349. The van der Waals surface area contributed by atoms with E-state index in [1.165, 1.54) is 4.90 Å². The standard InChI is InChI=1S/C31H40N6O5/c1-18-25(19(2)42-35-18)21-11-14-24(32-17-21)33-29(39)26(20-9-7-6-8-10-20)34-28(38)23-13-12-22-27(31(3,4)5)37(30(40)41)16-15-36(22)23/h11-14,17,20,26-27H,6-10,15-16H2,1-5H3,(H,34,38)(H,40,41)(H,32,33,39)/t26?,27-/m1/s1. The number of aromatic nitrogens is 3. The number of anilines is 1. The van der Waals surface area contributed by atoms with Gasteiger partial charge in [0.2, 0.25) is 5.91 Å². The number of rotatable bonds is 6. The molecule has 3 aromatic rings. The van der Waals surface area contributed by atoms with Crippen LogP contribution in [0.4, 0.5) is 10.6 Å². The maximum absolute atomic E-state index is 13.7. The van der Waals surface area contributed by atoms with Crippen molar-refractivity contribution < 1.29 is 24.0 Å². The molecule has 42 heavy (non-hydrogen) atoms. The summed E-state index contributed by atoms with van der Waals surface area (Å²) in [5.41, 5.74) is 3.32. The highest BCUT2D eigenvalue weighted by Gasteiger charge is 2.41. The van der Waals surface area contributed by atoms with Crippen molar-refractivity contribution >= 4 is 23.7 Å². The summed E-state index contributed by atoms with van der Waals surface area (Å²) in [6.45, 7) is 10.3. The smallest absolute Gasteiger partial charge is 0.407 e. The van der Waals surface area contributed by atoms with Crippen LogP contribution in [0.25, 0.3) is 11.1 Å². The number of amides is 3. The second kappa shape index (κ2) is 11.6. The zero-order chi connectivity index (χ0) is 30.2. The van der Waals surface area contributed by atoms with E-state index in [2.05, 4.69) is 20.8 Å². The Balaban J connectivity index is 1.36. The number of carbonyl (C=O) groups is 3. The van der Waals surface area contributed by atoms with Crippen molar-refractivity contribution in [3.05, 3.63) is 53.3 Å². The van der Waals surface area contributed by atoms with Crippen molar-refractivity contribution in [3.63, 3.8) is 0 Å². The maximum Gasteiger partial charge on any atom is 0.407 e. The van der Waals surface area contributed by atoms with E-state index in [1.54, 1.807) is 18.3 Å². The number of pyridine rings is 1. The van der Waals surface area contributed by atoms with Crippen LogP contribution in [0.15, 0.2) is 35.0 Å². The van der Waals surface area contributed by atoms with Gasteiger partial charge in [-0.15, -0.1) is 0 Å². The first-order valence-electron chi connectivity index (χ1n) is 14.7. The number of aryl methyl sites for hydroxylation is 2. The lowest BCUT2D eigenvalue weighted by molar-refractivity contribution is -0.119. The molecule has 0 bridgehead atoms. The molecule has 1 fully saturated rings. The number of fused-ring (bicyclic) bond motifs is 1. The van der Waals surface area contributed by atoms with Gasteiger partial charge >= 0.3 is 6.09 Å². The molecule has 0 aromatic carbocycles. The van der Waals surface area contributed by atoms with Crippen LogP contribution in [-0.2, 0) is 11.3 Å². The molecule has 4 heterocycles.